The van der Waals surface area contributed by atoms with E-state index in [4.69, 9.17) is 9.47 Å². The van der Waals surface area contributed by atoms with Crippen molar-refractivity contribution in [3.8, 4) is 0 Å². The van der Waals surface area contributed by atoms with Gasteiger partial charge >= 0.3 is 12.1 Å². The number of H-pyrrole nitrogens is 1. The number of benzene rings is 3. The number of para-hydroxylation sites is 1. The molecule has 3 amide bonds. The highest BCUT2D eigenvalue weighted by Crippen LogP contribution is 2.20. The molecule has 5 N–H and O–H groups in total. The van der Waals surface area contributed by atoms with Crippen LogP contribution in [0.25, 0.3) is 10.9 Å². The van der Waals surface area contributed by atoms with Gasteiger partial charge in [0.25, 0.3) is 0 Å². The van der Waals surface area contributed by atoms with E-state index in [1.807, 2.05) is 91.1 Å². The van der Waals surface area contributed by atoms with Crippen molar-refractivity contribution in [2.45, 2.75) is 56.8 Å². The van der Waals surface area contributed by atoms with Crippen molar-refractivity contribution in [3.05, 3.63) is 133 Å². The Morgan fingerprint density at radius 2 is 1.43 bits per heavy atom. The zero-order valence-corrected chi connectivity index (χ0v) is 28.6. The second-order valence-corrected chi connectivity index (χ2v) is 12.2. The maximum Gasteiger partial charge on any atom is 0.408 e. The molecule has 1 heterocycles. The lowest BCUT2D eigenvalue weighted by atomic mass is 9.97. The van der Waals surface area contributed by atoms with E-state index in [1.165, 1.54) is 6.08 Å². The molecule has 0 saturated heterocycles. The van der Waals surface area contributed by atoms with Crippen molar-refractivity contribution >= 4 is 34.8 Å². The minimum Gasteiger partial charge on any atom is -0.462 e. The van der Waals surface area contributed by atoms with Crippen molar-refractivity contribution in [1.29, 1.82) is 0 Å². The Labute approximate surface area is 298 Å². The van der Waals surface area contributed by atoms with Crippen LogP contribution in [0.3, 0.4) is 0 Å². The van der Waals surface area contributed by atoms with Gasteiger partial charge in [0.1, 0.15) is 19.3 Å². The highest BCUT2D eigenvalue weighted by molar-refractivity contribution is 5.87. The van der Waals surface area contributed by atoms with E-state index in [1.54, 1.807) is 6.08 Å². The lowest BCUT2D eigenvalue weighted by Gasteiger charge is -2.24. The lowest BCUT2D eigenvalue weighted by Crippen LogP contribution is -2.47. The van der Waals surface area contributed by atoms with Crippen LogP contribution in [0.2, 0.25) is 0 Å². The zero-order chi connectivity index (χ0) is 36.4. The Hall–Kier alpha value is -5.68. The number of nitrogens with one attached hydrogen (secondary N) is 4. The Balaban J connectivity index is 1.42. The molecular formula is C40H46N4O7. The Bertz CT molecular complexity index is 1740. The first-order valence-corrected chi connectivity index (χ1v) is 16.9. The molecule has 0 aliphatic carbocycles. The number of aromatic amines is 1. The number of esters is 1. The first kappa shape index (κ1) is 38.1. The number of hydrogen-bond donors (Lipinski definition) is 5. The molecule has 4 rings (SSSR count). The first-order chi connectivity index (χ1) is 24.8. The van der Waals surface area contributed by atoms with Crippen LogP contribution in [0.15, 0.2) is 116 Å². The summed E-state index contributed by atoms with van der Waals surface area (Å²) < 4.78 is 11.0. The molecule has 0 saturated carbocycles. The third kappa shape index (κ3) is 12.3. The number of rotatable bonds is 20. The maximum atomic E-state index is 13.7. The van der Waals surface area contributed by atoms with Gasteiger partial charge in [0.05, 0.1) is 24.6 Å². The number of fused-ring (bicyclic) bond motifs is 1. The molecule has 0 aliphatic rings. The lowest BCUT2D eigenvalue weighted by molar-refractivity contribution is -0.147. The third-order valence-electron chi connectivity index (χ3n) is 8.27. The maximum absolute atomic E-state index is 13.7. The van der Waals surface area contributed by atoms with Crippen molar-refractivity contribution < 1.29 is 33.8 Å². The van der Waals surface area contributed by atoms with Gasteiger partial charge in [-0.05, 0) is 48.4 Å². The predicted molar refractivity (Wildman–Crippen MR) is 195 cm³/mol. The number of carbonyl (C=O) groups is 4. The molecule has 0 bridgehead atoms. The van der Waals surface area contributed by atoms with Gasteiger partial charge < -0.3 is 35.5 Å². The van der Waals surface area contributed by atoms with Crippen molar-refractivity contribution in [1.82, 2.24) is 20.9 Å². The summed E-state index contributed by atoms with van der Waals surface area (Å²) in [5.74, 6) is -2.29. The topological polar surface area (TPSA) is 159 Å². The second-order valence-electron chi connectivity index (χ2n) is 12.2. The predicted octanol–water partition coefficient (Wildman–Crippen LogP) is 4.91. The van der Waals surface area contributed by atoms with E-state index in [9.17, 15) is 24.3 Å². The normalized spacial score (nSPS) is 13.2. The number of aliphatic hydroxyl groups is 1. The number of allylic oxidation sites excluding steroid dienone is 1. The fourth-order valence-corrected chi connectivity index (χ4v) is 5.66. The summed E-state index contributed by atoms with van der Waals surface area (Å²) >= 11 is 0. The van der Waals surface area contributed by atoms with Gasteiger partial charge in [-0.1, -0.05) is 91.0 Å². The molecule has 51 heavy (non-hydrogen) atoms. The summed E-state index contributed by atoms with van der Waals surface area (Å²) in [6.07, 6.45) is 5.02. The summed E-state index contributed by atoms with van der Waals surface area (Å²) in [5.41, 5.74) is 3.55. The summed E-state index contributed by atoms with van der Waals surface area (Å²) in [7, 11) is 0. The molecule has 0 fully saturated rings. The Morgan fingerprint density at radius 1 is 0.765 bits per heavy atom. The summed E-state index contributed by atoms with van der Waals surface area (Å²) in [5, 5.41) is 19.2. The van der Waals surface area contributed by atoms with Crippen LogP contribution in [0.5, 0.6) is 0 Å². The quantitative estimate of drug-likeness (QED) is 0.0650. The fourth-order valence-electron chi connectivity index (χ4n) is 5.66. The molecule has 0 spiro atoms. The number of amides is 3. The zero-order valence-electron chi connectivity index (χ0n) is 28.6. The van der Waals surface area contributed by atoms with E-state index in [2.05, 4.69) is 34.1 Å². The minimum absolute atomic E-state index is 0.0266. The molecule has 0 radical (unpaired) electrons. The van der Waals surface area contributed by atoms with Gasteiger partial charge in [-0.15, -0.1) is 13.2 Å². The van der Waals surface area contributed by atoms with Gasteiger partial charge in [0.15, 0.2) is 0 Å². The summed E-state index contributed by atoms with van der Waals surface area (Å²) in [6.45, 7) is 7.01. The highest BCUT2D eigenvalue weighted by atomic mass is 16.6. The molecule has 0 unspecified atom stereocenters. The highest BCUT2D eigenvalue weighted by Gasteiger charge is 2.28. The van der Waals surface area contributed by atoms with Crippen molar-refractivity contribution in [2.75, 3.05) is 13.2 Å². The molecule has 1 aromatic heterocycles. The molecule has 4 atom stereocenters. The number of alkyl carbamates (subject to hydrolysis) is 1. The smallest absolute Gasteiger partial charge is 0.408 e. The second kappa shape index (κ2) is 20.1. The average Bonchev–Trinajstić information content (AvgIpc) is 3.55. The van der Waals surface area contributed by atoms with Crippen LogP contribution in [-0.2, 0) is 43.3 Å². The van der Waals surface area contributed by atoms with E-state index >= 15 is 0 Å². The Morgan fingerprint density at radius 3 is 2.12 bits per heavy atom. The van der Waals surface area contributed by atoms with Crippen LogP contribution in [0.1, 0.15) is 36.0 Å². The third-order valence-corrected chi connectivity index (χ3v) is 8.27. The van der Waals surface area contributed by atoms with Gasteiger partial charge in [-0.3, -0.25) is 9.59 Å². The van der Waals surface area contributed by atoms with Crippen molar-refractivity contribution in [3.63, 3.8) is 0 Å². The van der Waals surface area contributed by atoms with E-state index in [0.29, 0.717) is 12.8 Å². The first-order valence-electron chi connectivity index (χ1n) is 16.9. The van der Waals surface area contributed by atoms with Crippen LogP contribution in [0.4, 0.5) is 4.79 Å². The summed E-state index contributed by atoms with van der Waals surface area (Å²) in [6, 6.07) is 24.1. The fraction of sp³-hybridized carbons (Fsp3) is 0.300. The van der Waals surface area contributed by atoms with E-state index < -0.39 is 42.0 Å². The van der Waals surface area contributed by atoms with Crippen LogP contribution in [0, 0.1) is 5.92 Å². The molecule has 3 aromatic carbocycles. The molecular weight excluding hydrogens is 648 g/mol. The average molecular weight is 695 g/mol. The standard InChI is InChI=1S/C40H46N4O7/c1-3-13-30(23-37(46)42-32(25-45)21-28-15-7-5-8-16-28)38(47)43-33(22-31-24-41-35-20-12-11-19-34(31)35)27-50-39(48)36(14-4-2)44-40(49)51-26-29-17-9-6-10-18-29/h3-12,15-20,24,30,32-33,36,41,45H,1-2,13-14,21-23,25-27H2,(H,42,46)(H,43,47)(H,44,49)/t30-,32-,33+,36-/m1/s1. The Kier molecular flexibility index (Phi) is 15.0. The SMILES string of the molecule is C=CC[C@H](CC(=O)N[C@@H](CO)Cc1ccccc1)C(=O)N[C@H](COC(=O)[C@@H](CC=C)NC(=O)OCc1ccccc1)Cc1c[nH]c2ccccc12. The minimum atomic E-state index is -1.07. The van der Waals surface area contributed by atoms with E-state index in [-0.39, 0.29) is 45.0 Å². The molecule has 0 aliphatic heterocycles. The van der Waals surface area contributed by atoms with E-state index in [0.717, 1.165) is 27.6 Å². The molecule has 11 heteroatoms. The molecule has 4 aromatic rings. The monoisotopic (exact) mass is 694 g/mol. The van der Waals surface area contributed by atoms with Crippen LogP contribution < -0.4 is 16.0 Å². The molecule has 11 nitrogen and oxygen atoms in total. The number of ether oxygens (including phenoxy) is 2. The van der Waals surface area contributed by atoms with Crippen LogP contribution >= 0.6 is 0 Å². The number of hydrogen-bond acceptors (Lipinski definition) is 7. The van der Waals surface area contributed by atoms with Crippen LogP contribution in [-0.4, -0.2) is 65.3 Å². The molecule has 268 valence electrons. The van der Waals surface area contributed by atoms with Gasteiger partial charge in [-0.2, -0.15) is 0 Å². The van der Waals surface area contributed by atoms with Crippen molar-refractivity contribution in [2.24, 2.45) is 5.92 Å². The largest absolute Gasteiger partial charge is 0.462 e. The van der Waals surface area contributed by atoms with Gasteiger partial charge in [0.2, 0.25) is 11.8 Å². The number of aromatic nitrogens is 1. The van der Waals surface area contributed by atoms with Gasteiger partial charge in [0, 0.05) is 23.5 Å². The number of aliphatic hydroxyl groups excluding tert-OH is 1. The summed E-state index contributed by atoms with van der Waals surface area (Å²) in [4.78, 5) is 55.8. The van der Waals surface area contributed by atoms with Gasteiger partial charge in [-0.25, -0.2) is 9.59 Å². The number of carbonyl (C=O) groups excluding carboxylic acids is 4.